The van der Waals surface area contributed by atoms with Crippen molar-refractivity contribution in [3.05, 3.63) is 35.1 Å². The average Bonchev–Trinajstić information content (AvgIpc) is 2.44. The molecular weight excluding hydrogens is 247 g/mol. The molecule has 1 aromatic carbocycles. The Bertz CT molecular complexity index is 424. The van der Waals surface area contributed by atoms with Crippen molar-refractivity contribution in [3.63, 3.8) is 0 Å². The molecule has 5 heteroatoms. The topological polar surface area (TPSA) is 55.6 Å². The molecule has 0 aliphatic rings. The minimum Gasteiger partial charge on any atom is -0.469 e. The molecule has 1 aromatic rings. The molecule has 0 saturated carbocycles. The molecule has 0 aliphatic carbocycles. The van der Waals surface area contributed by atoms with Gasteiger partial charge in [-0.05, 0) is 6.54 Å². The summed E-state index contributed by atoms with van der Waals surface area (Å²) in [5.74, 6) is -0.504. The Morgan fingerprint density at radius 1 is 1.42 bits per heavy atom. The van der Waals surface area contributed by atoms with Crippen LogP contribution >= 0.6 is 0 Å². The van der Waals surface area contributed by atoms with E-state index in [1.54, 1.807) is 18.2 Å². The molecule has 4 nitrogen and oxygen atoms in total. The van der Waals surface area contributed by atoms with Gasteiger partial charge in [0.15, 0.2) is 0 Å². The zero-order chi connectivity index (χ0) is 14.3. The number of hydrogen-bond donors (Lipinski definition) is 1. The Morgan fingerprint density at radius 3 is 2.68 bits per heavy atom. The van der Waals surface area contributed by atoms with Crippen LogP contribution in [0.25, 0.3) is 0 Å². The maximum atomic E-state index is 14.0. The van der Waals surface area contributed by atoms with E-state index in [0.29, 0.717) is 30.6 Å². The van der Waals surface area contributed by atoms with Crippen molar-refractivity contribution in [2.45, 2.75) is 26.4 Å². The normalized spacial score (nSPS) is 10.8. The summed E-state index contributed by atoms with van der Waals surface area (Å²) in [6.45, 7) is 3.92. The lowest BCUT2D eigenvalue weighted by Crippen LogP contribution is -2.26. The van der Waals surface area contributed by atoms with Gasteiger partial charge in [0, 0.05) is 30.8 Å². The summed E-state index contributed by atoms with van der Waals surface area (Å²) in [7, 11) is 1.36. The fourth-order valence-corrected chi connectivity index (χ4v) is 1.85. The van der Waals surface area contributed by atoms with E-state index in [9.17, 15) is 9.18 Å². The van der Waals surface area contributed by atoms with Crippen molar-refractivity contribution in [3.8, 4) is 0 Å². The van der Waals surface area contributed by atoms with E-state index in [-0.39, 0.29) is 18.3 Å². The van der Waals surface area contributed by atoms with Crippen LogP contribution in [0.2, 0.25) is 0 Å². The van der Waals surface area contributed by atoms with E-state index >= 15 is 0 Å². The van der Waals surface area contributed by atoms with Gasteiger partial charge in [-0.15, -0.1) is 0 Å². The van der Waals surface area contributed by atoms with Crippen molar-refractivity contribution in [1.82, 2.24) is 4.90 Å². The number of nitrogens with zero attached hydrogens (tertiary/aromatic N) is 1. The maximum Gasteiger partial charge on any atom is 0.306 e. The highest BCUT2D eigenvalue weighted by atomic mass is 19.1. The van der Waals surface area contributed by atoms with Gasteiger partial charge in [0.1, 0.15) is 5.82 Å². The highest BCUT2D eigenvalue weighted by Crippen LogP contribution is 2.15. The molecule has 0 unspecified atom stereocenters. The summed E-state index contributed by atoms with van der Waals surface area (Å²) in [4.78, 5) is 13.1. The molecule has 106 valence electrons. The van der Waals surface area contributed by atoms with Crippen LogP contribution in [0.15, 0.2) is 18.2 Å². The smallest absolute Gasteiger partial charge is 0.306 e. The Kier molecular flexibility index (Phi) is 6.45. The second-order valence-electron chi connectivity index (χ2n) is 4.29. The second kappa shape index (κ2) is 7.86. The first-order valence-electron chi connectivity index (χ1n) is 6.37. The molecule has 0 atom stereocenters. The first kappa shape index (κ1) is 15.6. The zero-order valence-corrected chi connectivity index (χ0v) is 11.5. The largest absolute Gasteiger partial charge is 0.469 e. The first-order valence-corrected chi connectivity index (χ1v) is 6.37. The number of ether oxygens (including phenoxy) is 1. The Balaban J connectivity index is 2.67. The number of methoxy groups -OCH3 is 1. The van der Waals surface area contributed by atoms with Crippen LogP contribution < -0.4 is 5.73 Å². The standard InChI is InChI=1S/C14H21FN2O2/c1-3-17(8-7-13(18)19-2)10-12-6-4-5-11(9-16)14(12)15/h4-6H,3,7-10,16H2,1-2H3. The Morgan fingerprint density at radius 2 is 2.11 bits per heavy atom. The average molecular weight is 268 g/mol. The number of carbonyl (C=O) groups is 1. The summed E-state index contributed by atoms with van der Waals surface area (Å²) in [6.07, 6.45) is 0.308. The van der Waals surface area contributed by atoms with E-state index < -0.39 is 0 Å². The second-order valence-corrected chi connectivity index (χ2v) is 4.29. The molecule has 0 radical (unpaired) electrons. The lowest BCUT2D eigenvalue weighted by molar-refractivity contribution is -0.141. The quantitative estimate of drug-likeness (QED) is 0.764. The lowest BCUT2D eigenvalue weighted by Gasteiger charge is -2.20. The molecule has 19 heavy (non-hydrogen) atoms. The van der Waals surface area contributed by atoms with Gasteiger partial charge < -0.3 is 10.5 Å². The van der Waals surface area contributed by atoms with E-state index in [4.69, 9.17) is 5.73 Å². The van der Waals surface area contributed by atoms with Gasteiger partial charge in [-0.25, -0.2) is 4.39 Å². The third-order valence-electron chi connectivity index (χ3n) is 3.08. The van der Waals surface area contributed by atoms with Gasteiger partial charge in [-0.1, -0.05) is 25.1 Å². The molecule has 0 heterocycles. The van der Waals surface area contributed by atoms with Crippen molar-refractivity contribution < 1.29 is 13.9 Å². The van der Waals surface area contributed by atoms with E-state index in [1.165, 1.54) is 7.11 Å². The van der Waals surface area contributed by atoms with Crippen molar-refractivity contribution in [2.24, 2.45) is 5.73 Å². The Hall–Kier alpha value is -1.46. The van der Waals surface area contributed by atoms with Crippen LogP contribution in [-0.2, 0) is 22.6 Å². The third-order valence-corrected chi connectivity index (χ3v) is 3.08. The van der Waals surface area contributed by atoms with Gasteiger partial charge in [-0.3, -0.25) is 9.69 Å². The van der Waals surface area contributed by atoms with E-state index in [0.717, 1.165) is 6.54 Å². The van der Waals surface area contributed by atoms with Crippen LogP contribution in [0.3, 0.4) is 0 Å². The van der Waals surface area contributed by atoms with Gasteiger partial charge in [0.05, 0.1) is 13.5 Å². The van der Waals surface area contributed by atoms with Crippen molar-refractivity contribution in [2.75, 3.05) is 20.2 Å². The molecule has 0 fully saturated rings. The van der Waals surface area contributed by atoms with Gasteiger partial charge in [0.2, 0.25) is 0 Å². The molecule has 0 aliphatic heterocycles. The van der Waals surface area contributed by atoms with Crippen LogP contribution in [0.5, 0.6) is 0 Å². The number of carbonyl (C=O) groups excluding carboxylic acids is 1. The highest BCUT2D eigenvalue weighted by Gasteiger charge is 2.12. The maximum absolute atomic E-state index is 14.0. The zero-order valence-electron chi connectivity index (χ0n) is 11.5. The highest BCUT2D eigenvalue weighted by molar-refractivity contribution is 5.69. The van der Waals surface area contributed by atoms with Crippen LogP contribution in [0.1, 0.15) is 24.5 Å². The molecular formula is C14H21FN2O2. The van der Waals surface area contributed by atoms with Crippen LogP contribution in [-0.4, -0.2) is 31.1 Å². The number of rotatable bonds is 7. The lowest BCUT2D eigenvalue weighted by atomic mass is 10.1. The summed E-state index contributed by atoms with van der Waals surface area (Å²) < 4.78 is 18.6. The van der Waals surface area contributed by atoms with Crippen molar-refractivity contribution >= 4 is 5.97 Å². The molecule has 0 bridgehead atoms. The molecule has 0 aromatic heterocycles. The molecule has 0 amide bonds. The van der Waals surface area contributed by atoms with Gasteiger partial charge in [-0.2, -0.15) is 0 Å². The fraction of sp³-hybridized carbons (Fsp3) is 0.500. The molecule has 1 rings (SSSR count). The predicted molar refractivity (Wildman–Crippen MR) is 71.9 cm³/mol. The van der Waals surface area contributed by atoms with E-state index in [1.807, 2.05) is 11.8 Å². The number of halogens is 1. The summed E-state index contributed by atoms with van der Waals surface area (Å²) in [5.41, 5.74) is 6.61. The number of esters is 1. The minimum absolute atomic E-state index is 0.188. The van der Waals surface area contributed by atoms with Gasteiger partial charge in [0.25, 0.3) is 0 Å². The number of hydrogen-bond acceptors (Lipinski definition) is 4. The molecule has 0 spiro atoms. The van der Waals surface area contributed by atoms with Crippen LogP contribution in [0, 0.1) is 5.82 Å². The summed E-state index contributed by atoms with van der Waals surface area (Å²) in [6, 6.07) is 5.23. The summed E-state index contributed by atoms with van der Waals surface area (Å²) in [5, 5.41) is 0. The molecule has 2 N–H and O–H groups in total. The third kappa shape index (κ3) is 4.61. The van der Waals surface area contributed by atoms with Crippen LogP contribution in [0.4, 0.5) is 4.39 Å². The number of nitrogens with two attached hydrogens (primary N) is 1. The van der Waals surface area contributed by atoms with Gasteiger partial charge >= 0.3 is 5.97 Å². The van der Waals surface area contributed by atoms with E-state index in [2.05, 4.69) is 4.74 Å². The first-order chi connectivity index (χ1) is 9.12. The Labute approximate surface area is 113 Å². The number of benzene rings is 1. The summed E-state index contributed by atoms with van der Waals surface area (Å²) >= 11 is 0. The predicted octanol–water partition coefficient (Wildman–Crippen LogP) is 1.67. The fourth-order valence-electron chi connectivity index (χ4n) is 1.85. The monoisotopic (exact) mass is 268 g/mol. The van der Waals surface area contributed by atoms with Crippen molar-refractivity contribution in [1.29, 1.82) is 0 Å². The molecule has 0 saturated heterocycles. The minimum atomic E-state index is -0.255. The SMILES string of the molecule is CCN(CCC(=O)OC)Cc1cccc(CN)c1F.